The lowest BCUT2D eigenvalue weighted by Gasteiger charge is -2.16. The molecule has 1 aromatic carbocycles. The summed E-state index contributed by atoms with van der Waals surface area (Å²) < 4.78 is 1.65. The predicted octanol–water partition coefficient (Wildman–Crippen LogP) is 3.18. The largest absolute Gasteiger partial charge is 0.478 e. The Morgan fingerprint density at radius 3 is 2.37 bits per heavy atom. The summed E-state index contributed by atoms with van der Waals surface area (Å²) in [5, 5.41) is 13.8. The maximum atomic E-state index is 11.3. The van der Waals surface area contributed by atoms with Crippen molar-refractivity contribution < 1.29 is 9.90 Å². The topological polar surface area (TPSA) is 55.1 Å². The summed E-state index contributed by atoms with van der Waals surface area (Å²) in [6.07, 6.45) is 1.59. The average molecular weight is 258 g/mol. The second-order valence-corrected chi connectivity index (χ2v) is 5.68. The van der Waals surface area contributed by atoms with Crippen molar-refractivity contribution in [1.82, 2.24) is 9.78 Å². The number of carbonyl (C=O) groups is 1. The van der Waals surface area contributed by atoms with E-state index in [0.29, 0.717) is 5.69 Å². The molecule has 100 valence electrons. The molecule has 2 rings (SSSR count). The van der Waals surface area contributed by atoms with Gasteiger partial charge in [-0.15, -0.1) is 0 Å². The zero-order valence-corrected chi connectivity index (χ0v) is 11.6. The second-order valence-electron chi connectivity index (χ2n) is 5.68. The number of aromatic nitrogens is 2. The molecule has 0 aliphatic rings. The van der Waals surface area contributed by atoms with Crippen LogP contribution in [0.15, 0.2) is 30.5 Å². The van der Waals surface area contributed by atoms with Gasteiger partial charge in [-0.3, -0.25) is 0 Å². The lowest BCUT2D eigenvalue weighted by Crippen LogP contribution is -2.16. The number of para-hydroxylation sites is 1. The summed E-state index contributed by atoms with van der Waals surface area (Å²) in [6.45, 7) is 7.87. The van der Waals surface area contributed by atoms with Gasteiger partial charge in [0.05, 0.1) is 11.4 Å². The van der Waals surface area contributed by atoms with Crippen molar-refractivity contribution in [3.05, 3.63) is 47.3 Å². The van der Waals surface area contributed by atoms with Crippen LogP contribution in [0.2, 0.25) is 0 Å². The molecule has 0 radical (unpaired) electrons. The van der Waals surface area contributed by atoms with Gasteiger partial charge in [0.1, 0.15) is 5.56 Å². The zero-order chi connectivity index (χ0) is 14.2. The molecule has 0 aliphatic heterocycles. The number of benzene rings is 1. The molecule has 0 saturated carbocycles. The lowest BCUT2D eigenvalue weighted by molar-refractivity contribution is 0.0694. The molecule has 0 aliphatic carbocycles. The molecule has 0 spiro atoms. The third-order valence-corrected chi connectivity index (χ3v) is 3.02. The van der Waals surface area contributed by atoms with Gasteiger partial charge >= 0.3 is 5.97 Å². The van der Waals surface area contributed by atoms with E-state index in [1.54, 1.807) is 10.9 Å². The Morgan fingerprint density at radius 1 is 1.26 bits per heavy atom. The van der Waals surface area contributed by atoms with E-state index >= 15 is 0 Å². The van der Waals surface area contributed by atoms with Crippen molar-refractivity contribution in [2.45, 2.75) is 33.1 Å². The fraction of sp³-hybridized carbons (Fsp3) is 0.333. The van der Waals surface area contributed by atoms with E-state index in [1.807, 2.05) is 52.0 Å². The molecular formula is C15H18N2O2. The van der Waals surface area contributed by atoms with E-state index in [2.05, 4.69) is 5.10 Å². The van der Waals surface area contributed by atoms with Crippen LogP contribution in [0.5, 0.6) is 0 Å². The van der Waals surface area contributed by atoms with Gasteiger partial charge in [0.2, 0.25) is 0 Å². The fourth-order valence-corrected chi connectivity index (χ4v) is 2.03. The van der Waals surface area contributed by atoms with Crippen molar-refractivity contribution in [2.24, 2.45) is 0 Å². The maximum Gasteiger partial charge on any atom is 0.339 e. The Kier molecular flexibility index (Phi) is 3.18. The van der Waals surface area contributed by atoms with E-state index in [-0.39, 0.29) is 11.0 Å². The Hall–Kier alpha value is -2.10. The van der Waals surface area contributed by atoms with Crippen LogP contribution < -0.4 is 0 Å². The normalized spacial score (nSPS) is 11.6. The van der Waals surface area contributed by atoms with Crippen LogP contribution in [0, 0.1) is 6.92 Å². The molecule has 1 heterocycles. The zero-order valence-electron chi connectivity index (χ0n) is 11.6. The molecule has 1 N–H and O–H groups in total. The highest BCUT2D eigenvalue weighted by molar-refractivity contribution is 5.89. The van der Waals surface area contributed by atoms with E-state index in [0.717, 1.165) is 11.3 Å². The molecule has 2 aromatic rings. The van der Waals surface area contributed by atoms with E-state index in [4.69, 9.17) is 0 Å². The monoisotopic (exact) mass is 258 g/mol. The molecule has 0 amide bonds. The molecule has 0 unspecified atom stereocenters. The van der Waals surface area contributed by atoms with Crippen LogP contribution in [-0.2, 0) is 5.41 Å². The highest BCUT2D eigenvalue weighted by Crippen LogP contribution is 2.26. The predicted molar refractivity (Wildman–Crippen MR) is 74.0 cm³/mol. The van der Waals surface area contributed by atoms with Crippen LogP contribution in [0.25, 0.3) is 5.69 Å². The van der Waals surface area contributed by atoms with Crippen LogP contribution in [0.4, 0.5) is 0 Å². The number of carboxylic acid groups (broad SMARTS) is 1. The third-order valence-electron chi connectivity index (χ3n) is 3.02. The highest BCUT2D eigenvalue weighted by Gasteiger charge is 2.26. The minimum Gasteiger partial charge on any atom is -0.478 e. The first kappa shape index (κ1) is 13.3. The quantitative estimate of drug-likeness (QED) is 0.900. The van der Waals surface area contributed by atoms with Gasteiger partial charge in [0.15, 0.2) is 0 Å². The molecule has 4 heteroatoms. The fourth-order valence-electron chi connectivity index (χ4n) is 2.03. The van der Waals surface area contributed by atoms with Crippen molar-refractivity contribution in [3.8, 4) is 5.69 Å². The average Bonchev–Trinajstić information content (AvgIpc) is 2.74. The van der Waals surface area contributed by atoms with Crippen molar-refractivity contribution in [2.75, 3.05) is 0 Å². The van der Waals surface area contributed by atoms with Gasteiger partial charge in [-0.2, -0.15) is 5.10 Å². The van der Waals surface area contributed by atoms with Gasteiger partial charge in [-0.1, -0.05) is 39.0 Å². The first-order chi connectivity index (χ1) is 8.80. The number of hydrogen-bond acceptors (Lipinski definition) is 2. The molecule has 0 saturated heterocycles. The molecule has 0 atom stereocenters. The highest BCUT2D eigenvalue weighted by atomic mass is 16.4. The van der Waals surface area contributed by atoms with Gasteiger partial charge in [-0.25, -0.2) is 9.48 Å². The summed E-state index contributed by atoms with van der Waals surface area (Å²) in [4.78, 5) is 11.3. The summed E-state index contributed by atoms with van der Waals surface area (Å²) >= 11 is 0. The summed E-state index contributed by atoms with van der Waals surface area (Å²) in [7, 11) is 0. The molecular weight excluding hydrogens is 240 g/mol. The lowest BCUT2D eigenvalue weighted by atomic mass is 9.90. The Bertz CT molecular complexity index is 621. The number of hydrogen-bond donors (Lipinski definition) is 1. The Balaban J connectivity index is 2.62. The van der Waals surface area contributed by atoms with Crippen molar-refractivity contribution in [3.63, 3.8) is 0 Å². The van der Waals surface area contributed by atoms with E-state index < -0.39 is 5.97 Å². The summed E-state index contributed by atoms with van der Waals surface area (Å²) in [6, 6.07) is 7.78. The molecule has 0 bridgehead atoms. The van der Waals surface area contributed by atoms with Crippen molar-refractivity contribution >= 4 is 5.97 Å². The van der Waals surface area contributed by atoms with Gasteiger partial charge < -0.3 is 5.11 Å². The Labute approximate surface area is 112 Å². The van der Waals surface area contributed by atoms with Crippen LogP contribution >= 0.6 is 0 Å². The van der Waals surface area contributed by atoms with E-state index in [1.165, 1.54) is 0 Å². The van der Waals surface area contributed by atoms with Gasteiger partial charge in [0.25, 0.3) is 0 Å². The minimum absolute atomic E-state index is 0.260. The van der Waals surface area contributed by atoms with Gasteiger partial charge in [-0.05, 0) is 18.6 Å². The van der Waals surface area contributed by atoms with Gasteiger partial charge in [0, 0.05) is 11.6 Å². The molecule has 4 nitrogen and oxygen atoms in total. The number of rotatable bonds is 2. The summed E-state index contributed by atoms with van der Waals surface area (Å²) in [5.41, 5.74) is 2.52. The number of aromatic carboxylic acids is 1. The minimum atomic E-state index is -0.940. The first-order valence-electron chi connectivity index (χ1n) is 6.20. The third kappa shape index (κ3) is 2.52. The smallest absolute Gasteiger partial charge is 0.339 e. The number of aryl methyl sites for hydroxylation is 1. The van der Waals surface area contributed by atoms with Crippen LogP contribution in [-0.4, -0.2) is 20.9 Å². The Morgan fingerprint density at radius 2 is 1.89 bits per heavy atom. The standard InChI is InChI=1S/C15H18N2O2/c1-10-7-5-6-8-12(10)17-9-11(14(18)19)13(16-17)15(2,3)4/h5-9H,1-4H3,(H,18,19). The molecule has 1 aromatic heterocycles. The van der Waals surface area contributed by atoms with Crippen LogP contribution in [0.3, 0.4) is 0 Å². The second kappa shape index (κ2) is 4.53. The number of nitrogens with zero attached hydrogens (tertiary/aromatic N) is 2. The maximum absolute atomic E-state index is 11.3. The van der Waals surface area contributed by atoms with Crippen LogP contribution in [0.1, 0.15) is 42.4 Å². The first-order valence-corrected chi connectivity index (χ1v) is 6.20. The molecule has 19 heavy (non-hydrogen) atoms. The van der Waals surface area contributed by atoms with E-state index in [9.17, 15) is 9.90 Å². The van der Waals surface area contributed by atoms with Crippen molar-refractivity contribution in [1.29, 1.82) is 0 Å². The summed E-state index contributed by atoms with van der Waals surface area (Å²) in [5.74, 6) is -0.940. The molecule has 0 fully saturated rings. The number of carboxylic acids is 1. The SMILES string of the molecule is Cc1ccccc1-n1cc(C(=O)O)c(C(C)(C)C)n1.